The molecule has 7 nitrogen and oxygen atoms in total. The third-order valence-corrected chi connectivity index (χ3v) is 5.30. The van der Waals surface area contributed by atoms with Crippen LogP contribution in [0.3, 0.4) is 0 Å². The summed E-state index contributed by atoms with van der Waals surface area (Å²) in [5, 5.41) is 3.74. The van der Waals surface area contributed by atoms with E-state index >= 15 is 0 Å². The van der Waals surface area contributed by atoms with Crippen LogP contribution >= 0.6 is 0 Å². The summed E-state index contributed by atoms with van der Waals surface area (Å²) in [5.41, 5.74) is 2.07. The maximum absolute atomic E-state index is 12.7. The minimum Gasteiger partial charge on any atom is -0.423 e. The van der Waals surface area contributed by atoms with Crippen LogP contribution < -0.4 is 10.9 Å². The van der Waals surface area contributed by atoms with Crippen molar-refractivity contribution in [2.45, 2.75) is 19.8 Å². The van der Waals surface area contributed by atoms with E-state index in [0.29, 0.717) is 42.8 Å². The smallest absolute Gasteiger partial charge is 0.336 e. The molecule has 0 bridgehead atoms. The zero-order valence-electron chi connectivity index (χ0n) is 16.1. The zero-order valence-corrected chi connectivity index (χ0v) is 16.1. The second kappa shape index (κ2) is 7.87. The minimum atomic E-state index is -0.412. The molecule has 1 saturated heterocycles. The SMILES string of the molecule is Cc1cc(=O)oc2cc(NC(=O)C3CCN(C(=O)c4ccncc4)CC3)ccc12. The molecule has 2 aromatic heterocycles. The molecule has 3 aromatic rings. The summed E-state index contributed by atoms with van der Waals surface area (Å²) in [7, 11) is 0. The van der Waals surface area contributed by atoms with Crippen LogP contribution in [0.2, 0.25) is 0 Å². The van der Waals surface area contributed by atoms with Gasteiger partial charge in [-0.1, -0.05) is 0 Å². The molecule has 0 aliphatic carbocycles. The number of amides is 2. The van der Waals surface area contributed by atoms with Crippen molar-refractivity contribution in [3.05, 3.63) is 70.3 Å². The number of rotatable bonds is 3. The Morgan fingerprint density at radius 3 is 2.55 bits per heavy atom. The van der Waals surface area contributed by atoms with Crippen molar-refractivity contribution in [3.63, 3.8) is 0 Å². The van der Waals surface area contributed by atoms with Crippen molar-refractivity contribution >= 4 is 28.5 Å². The van der Waals surface area contributed by atoms with Crippen LogP contribution in [0.25, 0.3) is 11.0 Å². The van der Waals surface area contributed by atoms with E-state index in [1.165, 1.54) is 6.07 Å². The van der Waals surface area contributed by atoms with E-state index in [9.17, 15) is 14.4 Å². The molecule has 3 heterocycles. The second-order valence-electron chi connectivity index (χ2n) is 7.25. The summed E-state index contributed by atoms with van der Waals surface area (Å²) in [5.74, 6) is -0.293. The Hall–Kier alpha value is -3.48. The molecule has 29 heavy (non-hydrogen) atoms. The van der Waals surface area contributed by atoms with Crippen LogP contribution in [-0.4, -0.2) is 34.8 Å². The second-order valence-corrected chi connectivity index (χ2v) is 7.25. The third-order valence-electron chi connectivity index (χ3n) is 5.30. The van der Waals surface area contributed by atoms with E-state index in [0.717, 1.165) is 10.9 Å². The lowest BCUT2D eigenvalue weighted by Crippen LogP contribution is -2.41. The van der Waals surface area contributed by atoms with Crippen LogP contribution in [0.1, 0.15) is 28.8 Å². The largest absolute Gasteiger partial charge is 0.423 e. The van der Waals surface area contributed by atoms with Crippen LogP contribution in [0.4, 0.5) is 5.69 Å². The molecule has 1 aliphatic heterocycles. The average molecular weight is 391 g/mol. The van der Waals surface area contributed by atoms with Gasteiger partial charge >= 0.3 is 5.63 Å². The summed E-state index contributed by atoms with van der Waals surface area (Å²) in [4.78, 5) is 42.5. The lowest BCUT2D eigenvalue weighted by atomic mass is 9.95. The van der Waals surface area contributed by atoms with Gasteiger partial charge in [-0.25, -0.2) is 4.79 Å². The first-order chi connectivity index (χ1) is 14.0. The first kappa shape index (κ1) is 18.9. The monoisotopic (exact) mass is 391 g/mol. The highest BCUT2D eigenvalue weighted by Crippen LogP contribution is 2.24. The Balaban J connectivity index is 1.39. The van der Waals surface area contributed by atoms with Gasteiger partial charge in [-0.05, 0) is 49.6 Å². The molecular weight excluding hydrogens is 370 g/mol. The van der Waals surface area contributed by atoms with Gasteiger partial charge in [-0.15, -0.1) is 0 Å². The van der Waals surface area contributed by atoms with Crippen LogP contribution in [0.15, 0.2) is 58.0 Å². The lowest BCUT2D eigenvalue weighted by molar-refractivity contribution is -0.121. The maximum atomic E-state index is 12.7. The Morgan fingerprint density at radius 2 is 1.83 bits per heavy atom. The molecular formula is C22H21N3O4. The van der Waals surface area contributed by atoms with Gasteiger partial charge in [0.25, 0.3) is 5.91 Å². The number of nitrogens with zero attached hydrogens (tertiary/aromatic N) is 2. The standard InChI is InChI=1S/C22H21N3O4/c1-14-12-20(26)29-19-13-17(2-3-18(14)19)24-21(27)15-6-10-25(11-7-15)22(28)16-4-8-23-9-5-16/h2-5,8-9,12-13,15H,6-7,10-11H2,1H3,(H,24,27). The molecule has 1 aliphatic rings. The Morgan fingerprint density at radius 1 is 1.10 bits per heavy atom. The summed E-state index contributed by atoms with van der Waals surface area (Å²) >= 11 is 0. The summed E-state index contributed by atoms with van der Waals surface area (Å²) in [6.07, 6.45) is 4.40. The first-order valence-corrected chi connectivity index (χ1v) is 9.56. The molecule has 2 amide bonds. The van der Waals surface area contributed by atoms with Gasteiger partial charge in [-0.3, -0.25) is 14.6 Å². The fourth-order valence-corrected chi connectivity index (χ4v) is 3.67. The van der Waals surface area contributed by atoms with Crippen LogP contribution in [0.5, 0.6) is 0 Å². The highest BCUT2D eigenvalue weighted by atomic mass is 16.4. The Bertz CT molecular complexity index is 1120. The number of benzene rings is 1. The number of anilines is 1. The molecule has 148 valence electrons. The van der Waals surface area contributed by atoms with E-state index in [4.69, 9.17) is 4.42 Å². The summed E-state index contributed by atoms with van der Waals surface area (Å²) in [6, 6.07) is 10.1. The lowest BCUT2D eigenvalue weighted by Gasteiger charge is -2.31. The van der Waals surface area contributed by atoms with Gasteiger partial charge in [0.05, 0.1) is 0 Å². The molecule has 0 saturated carbocycles. The number of carbonyl (C=O) groups excluding carboxylic acids is 2. The number of piperidine rings is 1. The number of likely N-dealkylation sites (tertiary alicyclic amines) is 1. The van der Waals surface area contributed by atoms with E-state index in [-0.39, 0.29) is 17.7 Å². The van der Waals surface area contributed by atoms with Gasteiger partial charge < -0.3 is 14.6 Å². The van der Waals surface area contributed by atoms with Gasteiger partial charge in [0.1, 0.15) is 5.58 Å². The number of aryl methyl sites for hydroxylation is 1. The van der Waals surface area contributed by atoms with Crippen molar-refractivity contribution < 1.29 is 14.0 Å². The number of fused-ring (bicyclic) bond motifs is 1. The van der Waals surface area contributed by atoms with Crippen LogP contribution in [0, 0.1) is 12.8 Å². The van der Waals surface area contributed by atoms with E-state index in [1.807, 2.05) is 13.0 Å². The van der Waals surface area contributed by atoms with E-state index in [1.54, 1.807) is 41.6 Å². The fourth-order valence-electron chi connectivity index (χ4n) is 3.67. The van der Waals surface area contributed by atoms with Crippen molar-refractivity contribution in [3.8, 4) is 0 Å². The number of aromatic nitrogens is 1. The molecule has 0 spiro atoms. The topological polar surface area (TPSA) is 92.5 Å². The predicted octanol–water partition coefficient (Wildman–Crippen LogP) is 2.99. The summed E-state index contributed by atoms with van der Waals surface area (Å²) in [6.45, 7) is 2.91. The number of hydrogen-bond acceptors (Lipinski definition) is 5. The molecule has 0 radical (unpaired) electrons. The fraction of sp³-hybridized carbons (Fsp3) is 0.273. The molecule has 0 unspecified atom stereocenters. The molecule has 1 N–H and O–H groups in total. The number of pyridine rings is 1. The zero-order chi connectivity index (χ0) is 20.4. The van der Waals surface area contributed by atoms with E-state index < -0.39 is 5.63 Å². The van der Waals surface area contributed by atoms with Crippen molar-refractivity contribution in [1.29, 1.82) is 0 Å². The average Bonchev–Trinajstić information content (AvgIpc) is 2.73. The number of carbonyl (C=O) groups is 2. The molecule has 4 rings (SSSR count). The third kappa shape index (κ3) is 4.03. The molecule has 7 heteroatoms. The number of nitrogens with one attached hydrogen (secondary N) is 1. The normalized spacial score (nSPS) is 14.7. The van der Waals surface area contributed by atoms with Crippen molar-refractivity contribution in [2.75, 3.05) is 18.4 Å². The van der Waals surface area contributed by atoms with Gasteiger partial charge in [0, 0.05) is 60.2 Å². The molecule has 1 fully saturated rings. The number of hydrogen-bond donors (Lipinski definition) is 1. The Kier molecular flexibility index (Phi) is 5.12. The predicted molar refractivity (Wildman–Crippen MR) is 109 cm³/mol. The highest BCUT2D eigenvalue weighted by molar-refractivity contribution is 5.96. The van der Waals surface area contributed by atoms with Crippen molar-refractivity contribution in [1.82, 2.24) is 9.88 Å². The van der Waals surface area contributed by atoms with Crippen LogP contribution in [-0.2, 0) is 4.79 Å². The molecule has 1 aromatic carbocycles. The highest BCUT2D eigenvalue weighted by Gasteiger charge is 2.28. The maximum Gasteiger partial charge on any atom is 0.336 e. The van der Waals surface area contributed by atoms with Gasteiger partial charge in [0.15, 0.2) is 0 Å². The quantitative estimate of drug-likeness (QED) is 0.693. The van der Waals surface area contributed by atoms with Gasteiger partial charge in [0.2, 0.25) is 5.91 Å². The summed E-state index contributed by atoms with van der Waals surface area (Å²) < 4.78 is 5.24. The van der Waals surface area contributed by atoms with Gasteiger partial charge in [-0.2, -0.15) is 0 Å². The Labute approximate surface area is 167 Å². The van der Waals surface area contributed by atoms with Crippen molar-refractivity contribution in [2.24, 2.45) is 5.92 Å². The first-order valence-electron chi connectivity index (χ1n) is 9.56. The molecule has 0 atom stereocenters. The minimum absolute atomic E-state index is 0.0359. The van der Waals surface area contributed by atoms with E-state index in [2.05, 4.69) is 10.3 Å².